The molecular formula is C22H20ClNO2. The van der Waals surface area contributed by atoms with Gasteiger partial charge in [-0.3, -0.25) is 4.79 Å². The van der Waals surface area contributed by atoms with Gasteiger partial charge in [0.2, 0.25) is 0 Å². The van der Waals surface area contributed by atoms with Gasteiger partial charge in [-0.2, -0.15) is 0 Å². The molecule has 0 aliphatic carbocycles. The molecule has 0 fully saturated rings. The van der Waals surface area contributed by atoms with Crippen LogP contribution in [0.1, 0.15) is 13.3 Å². The molecule has 3 nitrogen and oxygen atoms in total. The molecule has 0 aromatic heterocycles. The van der Waals surface area contributed by atoms with E-state index in [4.69, 9.17) is 16.3 Å². The maximum Gasteiger partial charge on any atom is 0.265 e. The molecule has 0 heterocycles. The van der Waals surface area contributed by atoms with Crippen molar-refractivity contribution in [2.75, 3.05) is 5.32 Å². The lowest BCUT2D eigenvalue weighted by molar-refractivity contribution is -0.122. The Kier molecular flexibility index (Phi) is 5.92. The van der Waals surface area contributed by atoms with Crippen LogP contribution in [0.4, 0.5) is 5.69 Å². The summed E-state index contributed by atoms with van der Waals surface area (Å²) in [5.74, 6) is 0.472. The minimum atomic E-state index is -0.573. The van der Waals surface area contributed by atoms with Crippen molar-refractivity contribution in [3.05, 3.63) is 83.9 Å². The van der Waals surface area contributed by atoms with Gasteiger partial charge in [-0.1, -0.05) is 67.1 Å². The van der Waals surface area contributed by atoms with Crippen LogP contribution in [0.25, 0.3) is 11.1 Å². The van der Waals surface area contributed by atoms with Gasteiger partial charge in [0, 0.05) is 10.7 Å². The molecular weight excluding hydrogens is 346 g/mol. The van der Waals surface area contributed by atoms with E-state index >= 15 is 0 Å². The van der Waals surface area contributed by atoms with Gasteiger partial charge in [-0.05, 0) is 47.9 Å². The number of nitrogens with one attached hydrogen (secondary N) is 1. The fraction of sp³-hybridized carbons (Fsp3) is 0.136. The van der Waals surface area contributed by atoms with E-state index in [0.717, 1.165) is 11.1 Å². The van der Waals surface area contributed by atoms with E-state index in [1.807, 2.05) is 49.4 Å². The lowest BCUT2D eigenvalue weighted by Gasteiger charge is -2.17. The molecule has 3 aromatic carbocycles. The monoisotopic (exact) mass is 365 g/mol. The number of hydrogen-bond donors (Lipinski definition) is 1. The van der Waals surface area contributed by atoms with E-state index in [1.165, 1.54) is 0 Å². The lowest BCUT2D eigenvalue weighted by atomic mass is 10.1. The molecule has 1 N–H and O–H groups in total. The fourth-order valence-electron chi connectivity index (χ4n) is 2.63. The first kappa shape index (κ1) is 18.0. The summed E-state index contributed by atoms with van der Waals surface area (Å²) in [4.78, 5) is 12.5. The molecule has 1 atom stereocenters. The molecule has 4 heteroatoms. The van der Waals surface area contributed by atoms with Crippen molar-refractivity contribution >= 4 is 23.2 Å². The Balaban J connectivity index is 1.66. The van der Waals surface area contributed by atoms with E-state index in [9.17, 15) is 4.79 Å². The van der Waals surface area contributed by atoms with Crippen molar-refractivity contribution in [1.29, 1.82) is 0 Å². The van der Waals surface area contributed by atoms with E-state index < -0.39 is 6.10 Å². The summed E-state index contributed by atoms with van der Waals surface area (Å²) >= 11 is 5.95. The third-order valence-electron chi connectivity index (χ3n) is 4.00. The second-order valence-electron chi connectivity index (χ2n) is 5.90. The van der Waals surface area contributed by atoms with E-state index in [1.54, 1.807) is 24.3 Å². The summed E-state index contributed by atoms with van der Waals surface area (Å²) in [6.07, 6.45) is -0.0103. The third kappa shape index (κ3) is 4.64. The van der Waals surface area contributed by atoms with Crippen LogP contribution >= 0.6 is 11.6 Å². The van der Waals surface area contributed by atoms with Crippen molar-refractivity contribution in [2.24, 2.45) is 0 Å². The van der Waals surface area contributed by atoms with Crippen molar-refractivity contribution in [3.8, 4) is 16.9 Å². The smallest absolute Gasteiger partial charge is 0.265 e. The number of ether oxygens (including phenoxy) is 1. The SMILES string of the molecule is CCC(Oc1ccc(-c2ccccc2)cc1)C(=O)Nc1cccc(Cl)c1. The van der Waals surface area contributed by atoms with Gasteiger partial charge in [0.25, 0.3) is 5.91 Å². The highest BCUT2D eigenvalue weighted by Gasteiger charge is 2.18. The van der Waals surface area contributed by atoms with Crippen LogP contribution in [0.5, 0.6) is 5.75 Å². The van der Waals surface area contributed by atoms with Crippen LogP contribution < -0.4 is 10.1 Å². The van der Waals surface area contributed by atoms with Gasteiger partial charge in [-0.15, -0.1) is 0 Å². The van der Waals surface area contributed by atoms with Gasteiger partial charge in [-0.25, -0.2) is 0 Å². The number of carbonyl (C=O) groups is 1. The van der Waals surface area contributed by atoms with E-state index in [-0.39, 0.29) is 5.91 Å². The zero-order valence-corrected chi connectivity index (χ0v) is 15.2. The standard InChI is InChI=1S/C22H20ClNO2/c1-2-21(22(25)24-19-10-6-9-18(23)15-19)26-20-13-11-17(12-14-20)16-7-4-3-5-8-16/h3-15,21H,2H2,1H3,(H,24,25). The summed E-state index contributed by atoms with van der Waals surface area (Å²) in [5, 5.41) is 3.42. The Labute approximate surface area is 158 Å². The van der Waals surface area contributed by atoms with Crippen molar-refractivity contribution < 1.29 is 9.53 Å². The molecule has 0 aliphatic rings. The van der Waals surface area contributed by atoms with Crippen molar-refractivity contribution in [2.45, 2.75) is 19.4 Å². The summed E-state index contributed by atoms with van der Waals surface area (Å²) in [6.45, 7) is 1.92. The quantitative estimate of drug-likeness (QED) is 0.599. The number of amides is 1. The highest BCUT2D eigenvalue weighted by Crippen LogP contribution is 2.23. The van der Waals surface area contributed by atoms with Gasteiger partial charge >= 0.3 is 0 Å². The molecule has 0 saturated carbocycles. The second kappa shape index (κ2) is 8.54. The molecule has 0 aliphatic heterocycles. The first-order valence-electron chi connectivity index (χ1n) is 8.54. The largest absolute Gasteiger partial charge is 0.481 e. The Morgan fingerprint density at radius 2 is 1.65 bits per heavy atom. The highest BCUT2D eigenvalue weighted by atomic mass is 35.5. The number of halogens is 1. The molecule has 0 saturated heterocycles. The van der Waals surface area contributed by atoms with Crippen LogP contribution in [0.15, 0.2) is 78.9 Å². The molecule has 1 unspecified atom stereocenters. The zero-order valence-electron chi connectivity index (χ0n) is 14.5. The summed E-state index contributed by atoms with van der Waals surface area (Å²) < 4.78 is 5.87. The number of benzene rings is 3. The predicted molar refractivity (Wildman–Crippen MR) is 107 cm³/mol. The van der Waals surface area contributed by atoms with Crippen LogP contribution in [0, 0.1) is 0 Å². The van der Waals surface area contributed by atoms with Crippen molar-refractivity contribution in [3.63, 3.8) is 0 Å². The average Bonchev–Trinajstić information content (AvgIpc) is 2.67. The minimum Gasteiger partial charge on any atom is -0.481 e. The lowest BCUT2D eigenvalue weighted by Crippen LogP contribution is -2.32. The number of rotatable bonds is 6. The molecule has 0 bridgehead atoms. The normalized spacial score (nSPS) is 11.6. The maximum atomic E-state index is 12.5. The van der Waals surface area contributed by atoms with Gasteiger partial charge in [0.15, 0.2) is 6.10 Å². The van der Waals surface area contributed by atoms with Crippen LogP contribution in [-0.4, -0.2) is 12.0 Å². The Hall–Kier alpha value is -2.78. The minimum absolute atomic E-state index is 0.193. The first-order chi connectivity index (χ1) is 12.7. The van der Waals surface area contributed by atoms with Crippen LogP contribution in [0.2, 0.25) is 5.02 Å². The highest BCUT2D eigenvalue weighted by molar-refractivity contribution is 6.30. The van der Waals surface area contributed by atoms with Gasteiger partial charge in [0.1, 0.15) is 5.75 Å². The maximum absolute atomic E-state index is 12.5. The summed E-state index contributed by atoms with van der Waals surface area (Å²) in [6, 6.07) is 24.9. The molecule has 0 radical (unpaired) electrons. The van der Waals surface area contributed by atoms with Crippen molar-refractivity contribution in [1.82, 2.24) is 0 Å². The average molecular weight is 366 g/mol. The molecule has 0 spiro atoms. The number of hydrogen-bond acceptors (Lipinski definition) is 2. The Morgan fingerprint density at radius 3 is 2.31 bits per heavy atom. The number of carbonyl (C=O) groups excluding carboxylic acids is 1. The number of anilines is 1. The van der Waals surface area contributed by atoms with Gasteiger partial charge < -0.3 is 10.1 Å². The summed E-state index contributed by atoms with van der Waals surface area (Å²) in [7, 11) is 0. The van der Waals surface area contributed by atoms with E-state index in [2.05, 4.69) is 17.4 Å². The molecule has 3 rings (SSSR count). The summed E-state index contributed by atoms with van der Waals surface area (Å²) in [5.41, 5.74) is 2.91. The molecule has 26 heavy (non-hydrogen) atoms. The first-order valence-corrected chi connectivity index (χ1v) is 8.92. The predicted octanol–water partition coefficient (Wildman–Crippen LogP) is 5.80. The Bertz CT molecular complexity index is 863. The second-order valence-corrected chi connectivity index (χ2v) is 6.34. The van der Waals surface area contributed by atoms with Crippen LogP contribution in [-0.2, 0) is 4.79 Å². The van der Waals surface area contributed by atoms with Gasteiger partial charge in [0.05, 0.1) is 0 Å². The molecule has 1 amide bonds. The van der Waals surface area contributed by atoms with E-state index in [0.29, 0.717) is 22.9 Å². The molecule has 3 aromatic rings. The zero-order chi connectivity index (χ0) is 18.4. The van der Waals surface area contributed by atoms with Crippen LogP contribution in [0.3, 0.4) is 0 Å². The third-order valence-corrected chi connectivity index (χ3v) is 4.23. The Morgan fingerprint density at radius 1 is 0.962 bits per heavy atom. The fourth-order valence-corrected chi connectivity index (χ4v) is 2.82. The molecule has 132 valence electrons. The topological polar surface area (TPSA) is 38.3 Å².